The third kappa shape index (κ3) is 7.50. The fraction of sp³-hybridized carbons (Fsp3) is 0.355. The van der Waals surface area contributed by atoms with E-state index in [-0.39, 0.29) is 23.4 Å². The van der Waals surface area contributed by atoms with E-state index >= 15 is 0 Å². The number of carbonyl (C=O) groups excluding carboxylic acids is 2. The predicted molar refractivity (Wildman–Crippen MR) is 157 cm³/mol. The van der Waals surface area contributed by atoms with Gasteiger partial charge in [0.25, 0.3) is 0 Å². The summed E-state index contributed by atoms with van der Waals surface area (Å²) in [6.45, 7) is 1.72. The molecular formula is C31H36ClN3O4S. The Labute approximate surface area is 242 Å². The highest BCUT2D eigenvalue weighted by atomic mass is 35.5. The lowest BCUT2D eigenvalue weighted by Crippen LogP contribution is -2.54. The van der Waals surface area contributed by atoms with Crippen LogP contribution in [0.4, 0.5) is 0 Å². The second-order valence-corrected chi connectivity index (χ2v) is 12.8. The minimum Gasteiger partial charge on any atom is -0.352 e. The highest BCUT2D eigenvalue weighted by molar-refractivity contribution is 7.89. The van der Waals surface area contributed by atoms with Crippen LogP contribution in [-0.4, -0.2) is 55.1 Å². The van der Waals surface area contributed by atoms with Crippen molar-refractivity contribution in [1.29, 1.82) is 0 Å². The van der Waals surface area contributed by atoms with Crippen molar-refractivity contribution in [3.63, 3.8) is 0 Å². The second kappa shape index (κ2) is 13.4. The largest absolute Gasteiger partial charge is 0.352 e. The normalized spacial score (nSPS) is 14.7. The van der Waals surface area contributed by atoms with E-state index in [0.717, 1.165) is 46.7 Å². The molecule has 1 N–H and O–H groups in total. The van der Waals surface area contributed by atoms with Crippen LogP contribution in [0, 0.1) is 6.92 Å². The summed E-state index contributed by atoms with van der Waals surface area (Å²) in [5, 5.41) is 3.59. The van der Waals surface area contributed by atoms with E-state index in [0.29, 0.717) is 11.4 Å². The van der Waals surface area contributed by atoms with Gasteiger partial charge >= 0.3 is 0 Å². The van der Waals surface area contributed by atoms with Crippen LogP contribution < -0.4 is 5.32 Å². The number of likely N-dealkylation sites (N-methyl/N-ethyl adjacent to an activating group) is 1. The maximum absolute atomic E-state index is 14.0. The number of nitrogens with zero attached hydrogens (tertiary/aromatic N) is 2. The number of aryl methyl sites for hydroxylation is 1. The quantitative estimate of drug-likeness (QED) is 0.346. The lowest BCUT2D eigenvalue weighted by molar-refractivity contribution is -0.141. The summed E-state index contributed by atoms with van der Waals surface area (Å²) >= 11 is 5.94. The van der Waals surface area contributed by atoms with Crippen LogP contribution in [-0.2, 0) is 32.6 Å². The van der Waals surface area contributed by atoms with E-state index < -0.39 is 28.5 Å². The van der Waals surface area contributed by atoms with Gasteiger partial charge in [-0.15, -0.1) is 0 Å². The molecule has 0 radical (unpaired) electrons. The van der Waals surface area contributed by atoms with Gasteiger partial charge in [0.1, 0.15) is 6.04 Å². The smallest absolute Gasteiger partial charge is 0.243 e. The van der Waals surface area contributed by atoms with Gasteiger partial charge in [-0.05, 0) is 60.7 Å². The van der Waals surface area contributed by atoms with Gasteiger partial charge in [-0.2, -0.15) is 4.31 Å². The van der Waals surface area contributed by atoms with Gasteiger partial charge in [-0.3, -0.25) is 9.59 Å². The fourth-order valence-corrected chi connectivity index (χ4v) is 6.29. The molecular weight excluding hydrogens is 546 g/mol. The van der Waals surface area contributed by atoms with Crippen molar-refractivity contribution in [1.82, 2.24) is 14.5 Å². The number of amides is 2. The average molecular weight is 582 g/mol. The van der Waals surface area contributed by atoms with Crippen LogP contribution in [0.15, 0.2) is 83.8 Å². The van der Waals surface area contributed by atoms with Gasteiger partial charge in [-0.25, -0.2) is 8.42 Å². The van der Waals surface area contributed by atoms with E-state index in [9.17, 15) is 18.0 Å². The molecule has 0 aliphatic heterocycles. The van der Waals surface area contributed by atoms with Crippen molar-refractivity contribution in [2.24, 2.45) is 0 Å². The number of nitrogens with one attached hydrogen (secondary N) is 1. The molecule has 1 atom stereocenters. The average Bonchev–Trinajstić information content (AvgIpc) is 3.45. The fourth-order valence-electron chi connectivity index (χ4n) is 5.05. The van der Waals surface area contributed by atoms with Crippen molar-refractivity contribution < 1.29 is 18.0 Å². The molecule has 3 aromatic rings. The molecule has 1 fully saturated rings. The van der Waals surface area contributed by atoms with Crippen LogP contribution >= 0.6 is 11.6 Å². The third-order valence-corrected chi connectivity index (χ3v) is 9.52. The first-order valence-corrected chi connectivity index (χ1v) is 15.4. The maximum Gasteiger partial charge on any atom is 0.243 e. The molecule has 1 saturated carbocycles. The Balaban J connectivity index is 1.66. The molecule has 1 aliphatic carbocycles. The van der Waals surface area contributed by atoms with E-state index in [4.69, 9.17) is 11.6 Å². The topological polar surface area (TPSA) is 86.8 Å². The summed E-state index contributed by atoms with van der Waals surface area (Å²) in [7, 11) is -2.59. The number of benzene rings is 3. The summed E-state index contributed by atoms with van der Waals surface area (Å²) in [6, 6.07) is 22.4. The molecule has 4 rings (SSSR count). The molecule has 0 saturated heterocycles. The number of carbonyl (C=O) groups is 2. The zero-order valence-electron chi connectivity index (χ0n) is 22.9. The minimum absolute atomic E-state index is 0.0393. The predicted octanol–water partition coefficient (Wildman–Crippen LogP) is 4.97. The van der Waals surface area contributed by atoms with E-state index in [1.165, 1.54) is 36.2 Å². The Kier molecular flexibility index (Phi) is 10.0. The second-order valence-electron chi connectivity index (χ2n) is 10.4. The molecule has 2 amide bonds. The van der Waals surface area contributed by atoms with Gasteiger partial charge in [0, 0.05) is 31.1 Å². The summed E-state index contributed by atoms with van der Waals surface area (Å²) < 4.78 is 27.6. The van der Waals surface area contributed by atoms with Gasteiger partial charge in [-0.1, -0.05) is 79.0 Å². The van der Waals surface area contributed by atoms with Crippen molar-refractivity contribution in [2.45, 2.75) is 62.6 Å². The zero-order valence-corrected chi connectivity index (χ0v) is 24.5. The Morgan fingerprint density at radius 3 is 2.23 bits per heavy atom. The van der Waals surface area contributed by atoms with Crippen molar-refractivity contribution in [3.8, 4) is 0 Å². The summed E-state index contributed by atoms with van der Waals surface area (Å²) in [4.78, 5) is 29.4. The molecule has 9 heteroatoms. The third-order valence-electron chi connectivity index (χ3n) is 7.45. The monoisotopic (exact) mass is 581 g/mol. The molecule has 212 valence electrons. The van der Waals surface area contributed by atoms with Gasteiger partial charge in [0.05, 0.1) is 11.4 Å². The molecule has 0 unspecified atom stereocenters. The first-order chi connectivity index (χ1) is 19.1. The lowest BCUT2D eigenvalue weighted by Gasteiger charge is -2.33. The molecule has 40 heavy (non-hydrogen) atoms. The zero-order chi connectivity index (χ0) is 28.7. The van der Waals surface area contributed by atoms with Crippen LogP contribution in [0.25, 0.3) is 0 Å². The van der Waals surface area contributed by atoms with E-state index in [2.05, 4.69) is 5.32 Å². The number of hydrogen-bond acceptors (Lipinski definition) is 4. The first kappa shape index (κ1) is 29.8. The molecule has 7 nitrogen and oxygen atoms in total. The minimum atomic E-state index is -3.96. The number of rotatable bonds is 11. The number of hydrogen-bond donors (Lipinski definition) is 1. The van der Waals surface area contributed by atoms with Crippen LogP contribution in [0.2, 0.25) is 5.02 Å². The Bertz CT molecular complexity index is 1410. The number of sulfonamides is 1. The summed E-state index contributed by atoms with van der Waals surface area (Å²) in [6.07, 6.45) is 4.26. The molecule has 0 aromatic heterocycles. The standard InChI is InChI=1S/C31H36ClN3O4S/c1-23-10-6-7-13-25(23)21-35(30(36)22-34(2)40(38,39)28-18-16-26(32)17-19-28)29(20-24-11-4-3-5-12-24)31(37)33-27-14-8-9-15-27/h3-7,10-13,16-19,27,29H,8-9,14-15,20-22H2,1-2H3,(H,33,37)/t29-/m1/s1. The van der Waals surface area contributed by atoms with Crippen molar-refractivity contribution in [3.05, 3.63) is 101 Å². The first-order valence-electron chi connectivity index (χ1n) is 13.6. The molecule has 0 heterocycles. The molecule has 0 bridgehead atoms. The lowest BCUT2D eigenvalue weighted by atomic mass is 10.0. The highest BCUT2D eigenvalue weighted by Crippen LogP contribution is 2.22. The molecule has 1 aliphatic rings. The van der Waals surface area contributed by atoms with Crippen LogP contribution in [0.3, 0.4) is 0 Å². The van der Waals surface area contributed by atoms with Crippen LogP contribution in [0.5, 0.6) is 0 Å². The molecule has 3 aromatic carbocycles. The van der Waals surface area contributed by atoms with Crippen molar-refractivity contribution in [2.75, 3.05) is 13.6 Å². The SMILES string of the molecule is Cc1ccccc1CN(C(=O)CN(C)S(=O)(=O)c1ccc(Cl)cc1)[C@H](Cc1ccccc1)C(=O)NC1CCCC1. The number of halogens is 1. The Hall–Kier alpha value is -3.20. The van der Waals surface area contributed by atoms with Gasteiger partial charge < -0.3 is 10.2 Å². The van der Waals surface area contributed by atoms with Gasteiger partial charge in [0.15, 0.2) is 0 Å². The molecule has 0 spiro atoms. The van der Waals surface area contributed by atoms with Gasteiger partial charge in [0.2, 0.25) is 21.8 Å². The Morgan fingerprint density at radius 2 is 1.57 bits per heavy atom. The van der Waals surface area contributed by atoms with Crippen LogP contribution in [0.1, 0.15) is 42.4 Å². The van der Waals surface area contributed by atoms with E-state index in [1.54, 1.807) is 0 Å². The van der Waals surface area contributed by atoms with E-state index in [1.807, 2.05) is 61.5 Å². The van der Waals surface area contributed by atoms with Crippen molar-refractivity contribution >= 4 is 33.4 Å². The summed E-state index contributed by atoms with van der Waals surface area (Å²) in [5.41, 5.74) is 2.79. The Morgan fingerprint density at radius 1 is 0.950 bits per heavy atom. The summed E-state index contributed by atoms with van der Waals surface area (Å²) in [5.74, 6) is -0.674. The maximum atomic E-state index is 14.0. The highest BCUT2D eigenvalue weighted by Gasteiger charge is 2.34.